The van der Waals surface area contributed by atoms with E-state index >= 15 is 0 Å². The van der Waals surface area contributed by atoms with Crippen molar-refractivity contribution in [2.24, 2.45) is 0 Å². The Balaban J connectivity index is 2.34. The molecule has 0 aliphatic heterocycles. The van der Waals surface area contributed by atoms with Gasteiger partial charge < -0.3 is 14.8 Å². The number of nitrogens with one attached hydrogen (secondary N) is 1. The van der Waals surface area contributed by atoms with Crippen molar-refractivity contribution in [1.82, 2.24) is 0 Å². The molecule has 3 nitrogen and oxygen atoms in total. The van der Waals surface area contributed by atoms with Gasteiger partial charge in [-0.25, -0.2) is 4.39 Å². The van der Waals surface area contributed by atoms with Gasteiger partial charge in [0.2, 0.25) is 0 Å². The molecular weight excluding hydrogens is 209 g/mol. The molecule has 0 aromatic heterocycles. The van der Waals surface area contributed by atoms with Crippen molar-refractivity contribution < 1.29 is 13.9 Å². The zero-order chi connectivity index (χ0) is 11.8. The minimum absolute atomic E-state index is 0.264. The van der Waals surface area contributed by atoms with Crippen molar-refractivity contribution >= 4 is 5.69 Å². The predicted molar refractivity (Wildman–Crippen MR) is 62.6 cm³/mol. The summed E-state index contributed by atoms with van der Waals surface area (Å²) in [5, 5.41) is 3.12. The van der Waals surface area contributed by atoms with Gasteiger partial charge in [0.1, 0.15) is 0 Å². The van der Waals surface area contributed by atoms with E-state index in [4.69, 9.17) is 9.47 Å². The lowest BCUT2D eigenvalue weighted by Gasteiger charge is -2.08. The summed E-state index contributed by atoms with van der Waals surface area (Å²) in [6, 6.07) is 4.84. The Morgan fingerprint density at radius 2 is 2.19 bits per heavy atom. The van der Waals surface area contributed by atoms with Crippen molar-refractivity contribution in [3.63, 3.8) is 0 Å². The molecule has 0 fully saturated rings. The molecule has 0 aliphatic carbocycles. The number of anilines is 1. The lowest BCUT2D eigenvalue weighted by molar-refractivity contribution is 0.147. The minimum atomic E-state index is -0.350. The molecule has 0 heterocycles. The maximum Gasteiger partial charge on any atom is 0.167 e. The number of methoxy groups -OCH3 is 1. The van der Waals surface area contributed by atoms with Crippen LogP contribution in [0.5, 0.6) is 5.75 Å². The normalized spacial score (nSPS) is 10.2. The molecule has 0 radical (unpaired) electrons. The highest BCUT2D eigenvalue weighted by Crippen LogP contribution is 2.20. The number of hydrogen-bond acceptors (Lipinski definition) is 3. The molecule has 16 heavy (non-hydrogen) atoms. The van der Waals surface area contributed by atoms with Gasteiger partial charge >= 0.3 is 0 Å². The molecule has 0 spiro atoms. The molecule has 90 valence electrons. The summed E-state index contributed by atoms with van der Waals surface area (Å²) in [7, 11) is 1.45. The summed E-state index contributed by atoms with van der Waals surface area (Å²) in [4.78, 5) is 0. The van der Waals surface area contributed by atoms with Crippen LogP contribution in [-0.4, -0.2) is 26.9 Å². The van der Waals surface area contributed by atoms with E-state index in [-0.39, 0.29) is 11.6 Å². The standard InChI is InChI=1S/C12H18FNO2/c1-3-16-8-4-7-14-10-5-6-12(15-2)11(13)9-10/h5-6,9,14H,3-4,7-8H2,1-2H3. The van der Waals surface area contributed by atoms with Gasteiger partial charge in [-0.05, 0) is 25.5 Å². The van der Waals surface area contributed by atoms with Crippen LogP contribution in [0.1, 0.15) is 13.3 Å². The molecule has 1 N–H and O–H groups in total. The highest BCUT2D eigenvalue weighted by Gasteiger charge is 2.02. The van der Waals surface area contributed by atoms with Crippen molar-refractivity contribution in [3.8, 4) is 5.75 Å². The van der Waals surface area contributed by atoms with E-state index in [1.54, 1.807) is 12.1 Å². The maximum absolute atomic E-state index is 13.3. The highest BCUT2D eigenvalue weighted by molar-refractivity contribution is 5.47. The molecule has 0 atom stereocenters. The molecule has 0 amide bonds. The second-order valence-electron chi connectivity index (χ2n) is 3.33. The Labute approximate surface area is 95.6 Å². The molecule has 1 rings (SSSR count). The molecule has 4 heteroatoms. The van der Waals surface area contributed by atoms with Crippen LogP contribution in [0.15, 0.2) is 18.2 Å². The quantitative estimate of drug-likeness (QED) is 0.726. The van der Waals surface area contributed by atoms with Gasteiger partial charge in [0, 0.05) is 31.5 Å². The van der Waals surface area contributed by atoms with Gasteiger partial charge in [0.15, 0.2) is 11.6 Å². The SMILES string of the molecule is CCOCCCNc1ccc(OC)c(F)c1. The first-order valence-electron chi connectivity index (χ1n) is 5.43. The molecule has 0 aliphatic rings. The highest BCUT2D eigenvalue weighted by atomic mass is 19.1. The fourth-order valence-corrected chi connectivity index (χ4v) is 1.33. The minimum Gasteiger partial charge on any atom is -0.494 e. The molecular formula is C12H18FNO2. The Kier molecular flexibility index (Phi) is 5.64. The number of rotatable bonds is 7. The van der Waals surface area contributed by atoms with Crippen molar-refractivity contribution in [2.75, 3.05) is 32.2 Å². The zero-order valence-corrected chi connectivity index (χ0v) is 9.75. The van der Waals surface area contributed by atoms with E-state index in [2.05, 4.69) is 5.32 Å². The summed E-state index contributed by atoms with van der Waals surface area (Å²) in [5.41, 5.74) is 0.759. The Morgan fingerprint density at radius 1 is 1.38 bits per heavy atom. The van der Waals surface area contributed by atoms with Crippen LogP contribution in [0.25, 0.3) is 0 Å². The summed E-state index contributed by atoms with van der Waals surface area (Å²) >= 11 is 0. The van der Waals surface area contributed by atoms with E-state index < -0.39 is 0 Å². The smallest absolute Gasteiger partial charge is 0.167 e. The molecule has 0 unspecified atom stereocenters. The number of hydrogen-bond donors (Lipinski definition) is 1. The Morgan fingerprint density at radius 3 is 2.81 bits per heavy atom. The zero-order valence-electron chi connectivity index (χ0n) is 9.75. The largest absolute Gasteiger partial charge is 0.494 e. The predicted octanol–water partition coefficient (Wildman–Crippen LogP) is 2.67. The molecule has 1 aromatic carbocycles. The van der Waals surface area contributed by atoms with Gasteiger partial charge in [-0.15, -0.1) is 0 Å². The summed E-state index contributed by atoms with van der Waals surface area (Å²) < 4.78 is 23.3. The third kappa shape index (κ3) is 4.06. The first-order chi connectivity index (χ1) is 7.77. The monoisotopic (exact) mass is 227 g/mol. The lowest BCUT2D eigenvalue weighted by atomic mass is 10.3. The average molecular weight is 227 g/mol. The van der Waals surface area contributed by atoms with Gasteiger partial charge in [0.05, 0.1) is 7.11 Å². The summed E-state index contributed by atoms with van der Waals surface area (Å²) in [6.07, 6.45) is 0.904. The van der Waals surface area contributed by atoms with E-state index in [1.165, 1.54) is 13.2 Å². The van der Waals surface area contributed by atoms with Gasteiger partial charge in [-0.2, -0.15) is 0 Å². The van der Waals surface area contributed by atoms with E-state index in [9.17, 15) is 4.39 Å². The van der Waals surface area contributed by atoms with Gasteiger partial charge in [0.25, 0.3) is 0 Å². The number of benzene rings is 1. The third-order valence-electron chi connectivity index (χ3n) is 2.15. The van der Waals surface area contributed by atoms with Crippen molar-refractivity contribution in [2.45, 2.75) is 13.3 Å². The third-order valence-corrected chi connectivity index (χ3v) is 2.15. The van der Waals surface area contributed by atoms with Crippen molar-refractivity contribution in [1.29, 1.82) is 0 Å². The fourth-order valence-electron chi connectivity index (χ4n) is 1.33. The van der Waals surface area contributed by atoms with Crippen LogP contribution in [0, 0.1) is 5.82 Å². The van der Waals surface area contributed by atoms with Crippen LogP contribution in [0.2, 0.25) is 0 Å². The topological polar surface area (TPSA) is 30.5 Å². The van der Waals surface area contributed by atoms with Crippen LogP contribution in [0.3, 0.4) is 0 Å². The van der Waals surface area contributed by atoms with E-state index in [1.807, 2.05) is 6.92 Å². The first kappa shape index (κ1) is 12.8. The second-order valence-corrected chi connectivity index (χ2v) is 3.33. The van der Waals surface area contributed by atoms with Gasteiger partial charge in [-0.1, -0.05) is 0 Å². The van der Waals surface area contributed by atoms with Crippen LogP contribution in [-0.2, 0) is 4.74 Å². The molecule has 1 aromatic rings. The van der Waals surface area contributed by atoms with E-state index in [0.717, 1.165) is 31.9 Å². The molecule has 0 bridgehead atoms. The molecule has 0 saturated heterocycles. The van der Waals surface area contributed by atoms with Crippen LogP contribution >= 0.6 is 0 Å². The lowest BCUT2D eigenvalue weighted by Crippen LogP contribution is -2.05. The number of halogens is 1. The number of ether oxygens (including phenoxy) is 2. The molecule has 0 saturated carbocycles. The van der Waals surface area contributed by atoms with Gasteiger partial charge in [-0.3, -0.25) is 0 Å². The Hall–Kier alpha value is -1.29. The summed E-state index contributed by atoms with van der Waals surface area (Å²) in [6.45, 7) is 4.19. The summed E-state index contributed by atoms with van der Waals surface area (Å²) in [5.74, 6) is -0.0859. The maximum atomic E-state index is 13.3. The van der Waals surface area contributed by atoms with Crippen LogP contribution in [0.4, 0.5) is 10.1 Å². The fraction of sp³-hybridized carbons (Fsp3) is 0.500. The Bertz CT molecular complexity index is 318. The average Bonchev–Trinajstić information content (AvgIpc) is 2.29. The second kappa shape index (κ2) is 7.06. The van der Waals surface area contributed by atoms with E-state index in [0.29, 0.717) is 0 Å². The van der Waals surface area contributed by atoms with Crippen LogP contribution < -0.4 is 10.1 Å². The first-order valence-corrected chi connectivity index (χ1v) is 5.43. The van der Waals surface area contributed by atoms with Crippen molar-refractivity contribution in [3.05, 3.63) is 24.0 Å².